The average Bonchev–Trinajstić information content (AvgIpc) is 3.17. The molecule has 0 unspecified atom stereocenters. The van der Waals surface area contributed by atoms with Crippen LogP contribution in [0, 0.1) is 0 Å². The normalized spacial score (nSPS) is 20.8. The number of amides is 1. The number of hydrogen-bond acceptors (Lipinski definition) is 5. The molecule has 0 N–H and O–H groups in total. The monoisotopic (exact) mass is 663 g/mol. The van der Waals surface area contributed by atoms with E-state index in [0.717, 1.165) is 9.87 Å². The largest absolute Gasteiger partial charge is 0.493 e. The van der Waals surface area contributed by atoms with Crippen molar-refractivity contribution in [3.05, 3.63) is 93.0 Å². The Balaban J connectivity index is 2.16. The van der Waals surface area contributed by atoms with Gasteiger partial charge in [0.1, 0.15) is 22.7 Å². The predicted molar refractivity (Wildman–Crippen MR) is 174 cm³/mol. The van der Waals surface area contributed by atoms with Gasteiger partial charge in [0.25, 0.3) is 0 Å². The lowest BCUT2D eigenvalue weighted by Gasteiger charge is -2.44. The molecule has 0 saturated carbocycles. The molecular weight excluding hydrogens is 629 g/mol. The summed E-state index contributed by atoms with van der Waals surface area (Å²) in [7, 11) is -0.965. The van der Waals surface area contributed by atoms with Gasteiger partial charge in [-0.3, -0.25) is 14.7 Å². The van der Waals surface area contributed by atoms with E-state index in [0.29, 0.717) is 39.1 Å². The summed E-state index contributed by atoms with van der Waals surface area (Å²) in [5.41, 5.74) is -0.494. The van der Waals surface area contributed by atoms with Gasteiger partial charge in [-0.05, 0) is 90.9 Å². The van der Waals surface area contributed by atoms with Gasteiger partial charge in [-0.25, -0.2) is 12.7 Å². The highest BCUT2D eigenvalue weighted by Crippen LogP contribution is 2.54. The quantitative estimate of drug-likeness (QED) is 0.188. The van der Waals surface area contributed by atoms with Gasteiger partial charge >= 0.3 is 5.37 Å². The molecule has 0 spiro atoms. The van der Waals surface area contributed by atoms with E-state index < -0.39 is 31.9 Å². The molecule has 0 aliphatic carbocycles. The highest BCUT2D eigenvalue weighted by molar-refractivity contribution is 7.89. The summed E-state index contributed by atoms with van der Waals surface area (Å²) < 4.78 is 34.7. The number of hydrogen-bond donors (Lipinski definition) is 0. The molecule has 0 aromatic heterocycles. The molecule has 1 aliphatic heterocycles. The van der Waals surface area contributed by atoms with Crippen LogP contribution in [0.5, 0.6) is 5.75 Å². The molecule has 1 heterocycles. The number of amidine groups is 1. The highest BCUT2D eigenvalue weighted by atomic mass is 35.5. The molecule has 3 aromatic carbocycles. The van der Waals surface area contributed by atoms with E-state index in [1.165, 1.54) is 19.0 Å². The van der Waals surface area contributed by atoms with Gasteiger partial charge in [-0.1, -0.05) is 68.2 Å². The third-order valence-corrected chi connectivity index (χ3v) is 10.6. The Morgan fingerprint density at radius 2 is 1.47 bits per heavy atom. The maximum Gasteiger partial charge on any atom is 0.322 e. The molecule has 0 bridgehead atoms. The molecule has 230 valence electrons. The van der Waals surface area contributed by atoms with Crippen molar-refractivity contribution in [2.24, 2.45) is 4.99 Å². The predicted octanol–water partition coefficient (Wildman–Crippen LogP) is 8.19. The van der Waals surface area contributed by atoms with E-state index in [-0.39, 0.29) is 10.7 Å². The van der Waals surface area contributed by atoms with Gasteiger partial charge in [0.2, 0.25) is 10.0 Å². The van der Waals surface area contributed by atoms with Crippen LogP contribution in [-0.2, 0) is 26.5 Å². The van der Waals surface area contributed by atoms with Crippen molar-refractivity contribution in [1.82, 2.24) is 9.21 Å². The lowest BCUT2D eigenvalue weighted by atomic mass is 9.71. The van der Waals surface area contributed by atoms with Crippen molar-refractivity contribution in [1.29, 1.82) is 0 Å². The smallest absolute Gasteiger partial charge is 0.322 e. The van der Waals surface area contributed by atoms with Gasteiger partial charge in [0.15, 0.2) is 0 Å². The molecular formula is C32H36Cl3N3O4S. The van der Waals surface area contributed by atoms with Crippen LogP contribution in [0.3, 0.4) is 0 Å². The fraction of sp³-hybridized carbons (Fsp3) is 0.375. The number of benzene rings is 3. The van der Waals surface area contributed by atoms with Crippen LogP contribution in [-0.4, -0.2) is 49.5 Å². The summed E-state index contributed by atoms with van der Waals surface area (Å²) in [6.07, 6.45) is 0. The van der Waals surface area contributed by atoms with E-state index in [9.17, 15) is 13.2 Å². The number of aliphatic imine (C=N–C) groups is 1. The van der Waals surface area contributed by atoms with E-state index in [2.05, 4.69) is 0 Å². The van der Waals surface area contributed by atoms with Gasteiger partial charge in [0, 0.05) is 24.1 Å². The molecule has 0 fully saturated rings. The summed E-state index contributed by atoms with van der Waals surface area (Å²) in [6.45, 7) is 11.7. The summed E-state index contributed by atoms with van der Waals surface area (Å²) in [5.74, 6) is 0.555. The molecule has 1 amide bonds. The van der Waals surface area contributed by atoms with Crippen LogP contribution in [0.4, 0.5) is 4.79 Å². The maximum absolute atomic E-state index is 13.7. The second-order valence-corrected chi connectivity index (χ2v) is 15.3. The first-order chi connectivity index (χ1) is 19.9. The number of ether oxygens (including phenoxy) is 1. The SMILES string of the molecule is CCOc1cc(C(C)(C)C)c(S(=O)(=O)N(C)C)cc1C1=N[C@@](C)(c2ccc(Cl)cc2)[C@@](C)(c2ccc(Cl)cc2)N1C(=O)Cl. The zero-order chi connectivity index (χ0) is 32.1. The number of carbonyl (C=O) groups excluding carboxylic acids is 1. The fourth-order valence-corrected chi connectivity index (χ4v) is 7.35. The highest BCUT2D eigenvalue weighted by Gasteiger charge is 2.59. The van der Waals surface area contributed by atoms with E-state index in [1.807, 2.05) is 65.8 Å². The van der Waals surface area contributed by atoms with Gasteiger partial charge < -0.3 is 4.74 Å². The van der Waals surface area contributed by atoms with Crippen LogP contribution in [0.2, 0.25) is 10.0 Å². The molecule has 3 aromatic rings. The number of rotatable bonds is 7. The van der Waals surface area contributed by atoms with Crippen molar-refractivity contribution in [2.75, 3.05) is 20.7 Å². The van der Waals surface area contributed by atoms with Crippen molar-refractivity contribution >= 4 is 56.0 Å². The number of nitrogens with zero attached hydrogens (tertiary/aromatic N) is 3. The molecule has 0 radical (unpaired) electrons. The topological polar surface area (TPSA) is 79.3 Å². The molecule has 0 saturated heterocycles. The van der Waals surface area contributed by atoms with Crippen molar-refractivity contribution in [3.8, 4) is 5.75 Å². The van der Waals surface area contributed by atoms with Gasteiger partial charge in [0.05, 0.1) is 17.1 Å². The first-order valence-corrected chi connectivity index (χ1v) is 16.3. The minimum absolute atomic E-state index is 0.0846. The third-order valence-electron chi connectivity index (χ3n) is 8.11. The maximum atomic E-state index is 13.7. The van der Waals surface area contributed by atoms with Crippen LogP contribution in [0.1, 0.15) is 63.8 Å². The minimum Gasteiger partial charge on any atom is -0.493 e. The molecule has 7 nitrogen and oxygen atoms in total. The Hall–Kier alpha value is -2.62. The average molecular weight is 665 g/mol. The number of carbonyl (C=O) groups is 1. The minimum atomic E-state index is -3.93. The van der Waals surface area contributed by atoms with Gasteiger partial charge in [-0.15, -0.1) is 0 Å². The van der Waals surface area contributed by atoms with Crippen molar-refractivity contribution < 1.29 is 17.9 Å². The standard InChI is InChI=1S/C32H36Cl3N3O4S/c1-9-42-26-19-25(30(2,3)4)27(43(40,41)37(7)8)18-24(26)28-36-31(5,20-10-14-22(33)15-11-20)32(6,38(28)29(35)39)21-12-16-23(34)17-13-21/h10-19H,9H2,1-8H3/t31-,32+/m0/s1. The Kier molecular flexibility index (Phi) is 9.06. The molecule has 4 rings (SSSR count). The second kappa shape index (κ2) is 11.7. The first kappa shape index (κ1) is 33.3. The zero-order valence-corrected chi connectivity index (χ0v) is 28.6. The van der Waals surface area contributed by atoms with Crippen LogP contribution >= 0.6 is 34.8 Å². The fourth-order valence-electron chi connectivity index (χ4n) is 5.55. The Labute approximate surface area is 269 Å². The second-order valence-electron chi connectivity index (χ2n) is 12.0. The molecule has 2 atom stereocenters. The van der Waals surface area contributed by atoms with E-state index in [4.69, 9.17) is 44.5 Å². The van der Waals surface area contributed by atoms with Crippen molar-refractivity contribution in [2.45, 2.75) is 62.9 Å². The summed E-state index contributed by atoms with van der Waals surface area (Å²) >= 11 is 18.9. The van der Waals surface area contributed by atoms with Crippen LogP contribution in [0.25, 0.3) is 0 Å². The zero-order valence-electron chi connectivity index (χ0n) is 25.5. The summed E-state index contributed by atoms with van der Waals surface area (Å²) in [4.78, 5) is 20.3. The molecule has 43 heavy (non-hydrogen) atoms. The lowest BCUT2D eigenvalue weighted by Crippen LogP contribution is -2.53. The molecule has 11 heteroatoms. The molecule has 1 aliphatic rings. The summed E-state index contributed by atoms with van der Waals surface area (Å²) in [6, 6.07) is 17.6. The lowest BCUT2D eigenvalue weighted by molar-refractivity contribution is 0.149. The third kappa shape index (κ3) is 5.69. The van der Waals surface area contributed by atoms with E-state index in [1.54, 1.807) is 36.4 Å². The van der Waals surface area contributed by atoms with Crippen molar-refractivity contribution in [3.63, 3.8) is 0 Å². The first-order valence-electron chi connectivity index (χ1n) is 13.8. The number of sulfonamides is 1. The van der Waals surface area contributed by atoms with Gasteiger partial charge in [-0.2, -0.15) is 0 Å². The Bertz CT molecular complexity index is 1680. The van der Waals surface area contributed by atoms with Crippen LogP contribution < -0.4 is 4.74 Å². The Morgan fingerprint density at radius 1 is 0.953 bits per heavy atom. The summed E-state index contributed by atoms with van der Waals surface area (Å²) in [5, 5.41) is 0.273. The Morgan fingerprint density at radius 3 is 1.91 bits per heavy atom. The number of halogens is 3. The van der Waals surface area contributed by atoms with Crippen LogP contribution in [0.15, 0.2) is 70.6 Å². The van der Waals surface area contributed by atoms with E-state index >= 15 is 0 Å².